The summed E-state index contributed by atoms with van der Waals surface area (Å²) in [5.41, 5.74) is 4.55. The van der Waals surface area contributed by atoms with E-state index in [1.54, 1.807) is 18.2 Å². The molecule has 4 nitrogen and oxygen atoms in total. The van der Waals surface area contributed by atoms with Crippen molar-refractivity contribution in [2.24, 2.45) is 0 Å². The van der Waals surface area contributed by atoms with Gasteiger partial charge in [-0.3, -0.25) is 4.57 Å². The van der Waals surface area contributed by atoms with Gasteiger partial charge in [-0.1, -0.05) is 29.3 Å². The molecule has 0 aliphatic heterocycles. The number of anilines is 1. The van der Waals surface area contributed by atoms with E-state index in [0.717, 1.165) is 11.3 Å². The fourth-order valence-electron chi connectivity index (χ4n) is 2.36. The highest BCUT2D eigenvalue weighted by Crippen LogP contribution is 2.20. The summed E-state index contributed by atoms with van der Waals surface area (Å²) in [5.74, 6) is -0.399. The van der Waals surface area contributed by atoms with Gasteiger partial charge < -0.3 is 9.73 Å². The van der Waals surface area contributed by atoms with Gasteiger partial charge in [0.1, 0.15) is 0 Å². The van der Waals surface area contributed by atoms with Crippen molar-refractivity contribution in [1.82, 2.24) is 4.57 Å². The monoisotopic (exact) mass is 302 g/mol. The van der Waals surface area contributed by atoms with Crippen LogP contribution < -0.4 is 11.1 Å². The maximum Gasteiger partial charge on any atom is 0.421 e. The Morgan fingerprint density at radius 3 is 2.76 bits per heavy atom. The quantitative estimate of drug-likeness (QED) is 0.797. The van der Waals surface area contributed by atoms with Crippen molar-refractivity contribution in [3.8, 4) is 0 Å². The number of nitrogens with one attached hydrogen (secondary N) is 1. The summed E-state index contributed by atoms with van der Waals surface area (Å²) < 4.78 is 6.73. The van der Waals surface area contributed by atoms with Gasteiger partial charge in [-0.05, 0) is 43.7 Å². The Kier molecular flexibility index (Phi) is 3.47. The zero-order valence-electron chi connectivity index (χ0n) is 11.8. The fraction of sp³-hybridized carbons (Fsp3) is 0.188. The van der Waals surface area contributed by atoms with Crippen molar-refractivity contribution < 1.29 is 4.42 Å². The van der Waals surface area contributed by atoms with Crippen LogP contribution in [0.25, 0.3) is 11.1 Å². The Hall–Kier alpha value is -2.20. The van der Waals surface area contributed by atoms with Crippen LogP contribution in [0.4, 0.5) is 5.69 Å². The molecule has 0 bridgehead atoms. The fourth-order valence-corrected chi connectivity index (χ4v) is 2.53. The number of oxazole rings is 1. The predicted molar refractivity (Wildman–Crippen MR) is 85.0 cm³/mol. The van der Waals surface area contributed by atoms with E-state index in [2.05, 4.69) is 11.4 Å². The van der Waals surface area contributed by atoms with Gasteiger partial charge in [-0.15, -0.1) is 0 Å². The maximum absolute atomic E-state index is 11.9. The highest BCUT2D eigenvalue weighted by molar-refractivity contribution is 6.31. The highest BCUT2D eigenvalue weighted by atomic mass is 35.5. The molecule has 0 saturated heterocycles. The van der Waals surface area contributed by atoms with E-state index in [-0.39, 0.29) is 0 Å². The summed E-state index contributed by atoms with van der Waals surface area (Å²) >= 11 is 5.98. The molecule has 0 spiro atoms. The molecule has 108 valence electrons. The summed E-state index contributed by atoms with van der Waals surface area (Å²) in [7, 11) is 0. The molecule has 1 N–H and O–H groups in total. The minimum absolute atomic E-state index is 0.329. The number of hydrogen-bond donors (Lipinski definition) is 1. The van der Waals surface area contributed by atoms with E-state index in [1.807, 2.05) is 26.0 Å². The Balaban J connectivity index is 1.93. The number of benzene rings is 2. The molecule has 3 aromatic rings. The van der Waals surface area contributed by atoms with E-state index >= 15 is 0 Å². The maximum atomic E-state index is 11.9. The molecule has 3 rings (SSSR count). The van der Waals surface area contributed by atoms with Gasteiger partial charge >= 0.3 is 5.76 Å². The van der Waals surface area contributed by atoms with Crippen LogP contribution in [0.2, 0.25) is 5.02 Å². The smallest absolute Gasteiger partial charge is 0.408 e. The van der Waals surface area contributed by atoms with Crippen molar-refractivity contribution in [3.63, 3.8) is 0 Å². The third-order valence-corrected chi connectivity index (χ3v) is 3.67. The Morgan fingerprint density at radius 1 is 1.19 bits per heavy atom. The molecule has 0 atom stereocenters. The normalized spacial score (nSPS) is 11.0. The minimum Gasteiger partial charge on any atom is -0.408 e. The second kappa shape index (κ2) is 5.30. The van der Waals surface area contributed by atoms with Gasteiger partial charge in [-0.25, -0.2) is 4.79 Å². The SMILES string of the molecule is Cc1ccc(NCn2c(=O)oc3ccc(Cl)cc32)c(C)c1. The molecule has 0 unspecified atom stereocenters. The molecule has 0 aliphatic carbocycles. The van der Waals surface area contributed by atoms with E-state index in [9.17, 15) is 4.79 Å². The molecular weight excluding hydrogens is 288 g/mol. The average molecular weight is 303 g/mol. The lowest BCUT2D eigenvalue weighted by molar-refractivity contribution is 0.515. The van der Waals surface area contributed by atoms with Crippen molar-refractivity contribution >= 4 is 28.4 Å². The lowest BCUT2D eigenvalue weighted by atomic mass is 10.1. The molecule has 0 fully saturated rings. The van der Waals surface area contributed by atoms with Crippen LogP contribution in [0.3, 0.4) is 0 Å². The summed E-state index contributed by atoms with van der Waals surface area (Å²) in [4.78, 5) is 11.9. The number of hydrogen-bond acceptors (Lipinski definition) is 3. The van der Waals surface area contributed by atoms with Crippen molar-refractivity contribution in [2.45, 2.75) is 20.5 Å². The van der Waals surface area contributed by atoms with Gasteiger partial charge in [0, 0.05) is 10.7 Å². The summed E-state index contributed by atoms with van der Waals surface area (Å²) in [6, 6.07) is 11.3. The lowest BCUT2D eigenvalue weighted by Gasteiger charge is -2.10. The van der Waals surface area contributed by atoms with E-state index in [0.29, 0.717) is 22.8 Å². The van der Waals surface area contributed by atoms with Crippen LogP contribution in [0.5, 0.6) is 0 Å². The summed E-state index contributed by atoms with van der Waals surface area (Å²) in [6.07, 6.45) is 0. The average Bonchev–Trinajstić information content (AvgIpc) is 2.73. The lowest BCUT2D eigenvalue weighted by Crippen LogP contribution is -2.19. The minimum atomic E-state index is -0.399. The van der Waals surface area contributed by atoms with Crippen LogP contribution in [-0.4, -0.2) is 4.57 Å². The zero-order chi connectivity index (χ0) is 15.0. The first-order valence-corrected chi connectivity index (χ1v) is 7.02. The molecular formula is C16H15ClN2O2. The Labute approximate surface area is 127 Å². The summed E-state index contributed by atoms with van der Waals surface area (Å²) in [5, 5.41) is 3.83. The molecule has 0 saturated carbocycles. The number of aryl methyl sites for hydroxylation is 2. The molecule has 5 heteroatoms. The Bertz CT molecular complexity index is 864. The third-order valence-electron chi connectivity index (χ3n) is 3.44. The van der Waals surface area contributed by atoms with Crippen molar-refractivity contribution in [1.29, 1.82) is 0 Å². The van der Waals surface area contributed by atoms with Crippen LogP contribution in [0, 0.1) is 13.8 Å². The van der Waals surface area contributed by atoms with Crippen LogP contribution in [0.1, 0.15) is 11.1 Å². The second-order valence-corrected chi connectivity index (χ2v) is 5.50. The zero-order valence-corrected chi connectivity index (χ0v) is 12.6. The first-order chi connectivity index (χ1) is 10.0. The molecule has 21 heavy (non-hydrogen) atoms. The third kappa shape index (κ3) is 2.67. The van der Waals surface area contributed by atoms with Crippen molar-refractivity contribution in [3.05, 3.63) is 63.1 Å². The van der Waals surface area contributed by atoms with Crippen LogP contribution in [-0.2, 0) is 6.67 Å². The van der Waals surface area contributed by atoms with Gasteiger partial charge in [-0.2, -0.15) is 0 Å². The number of rotatable bonds is 3. The van der Waals surface area contributed by atoms with Crippen molar-refractivity contribution in [2.75, 3.05) is 5.32 Å². The van der Waals surface area contributed by atoms with Gasteiger partial charge in [0.05, 0.1) is 12.2 Å². The van der Waals surface area contributed by atoms with E-state index in [4.69, 9.17) is 16.0 Å². The molecule has 2 aromatic carbocycles. The van der Waals surface area contributed by atoms with Gasteiger partial charge in [0.15, 0.2) is 5.58 Å². The summed E-state index contributed by atoms with van der Waals surface area (Å²) in [6.45, 7) is 4.41. The van der Waals surface area contributed by atoms with Gasteiger partial charge in [0.25, 0.3) is 0 Å². The Morgan fingerprint density at radius 2 is 2.00 bits per heavy atom. The van der Waals surface area contributed by atoms with Gasteiger partial charge in [0.2, 0.25) is 0 Å². The molecule has 0 amide bonds. The van der Waals surface area contributed by atoms with E-state index < -0.39 is 5.76 Å². The van der Waals surface area contributed by atoms with Crippen LogP contribution in [0.15, 0.2) is 45.6 Å². The van der Waals surface area contributed by atoms with E-state index in [1.165, 1.54) is 10.1 Å². The number of nitrogens with zero attached hydrogens (tertiary/aromatic N) is 1. The first kappa shape index (κ1) is 13.8. The molecule has 1 heterocycles. The topological polar surface area (TPSA) is 47.2 Å². The highest BCUT2D eigenvalue weighted by Gasteiger charge is 2.09. The number of halogens is 1. The molecule has 0 aliphatic rings. The largest absolute Gasteiger partial charge is 0.421 e. The first-order valence-electron chi connectivity index (χ1n) is 6.64. The number of fused-ring (bicyclic) bond motifs is 1. The second-order valence-electron chi connectivity index (χ2n) is 5.06. The predicted octanol–water partition coefficient (Wildman–Crippen LogP) is 3.93. The molecule has 0 radical (unpaired) electrons. The molecule has 1 aromatic heterocycles. The standard InChI is InChI=1S/C16H15ClN2O2/c1-10-3-5-13(11(2)7-10)18-9-19-14-8-12(17)4-6-15(14)21-16(19)20/h3-8,18H,9H2,1-2H3. The van der Waals surface area contributed by atoms with Crippen LogP contribution >= 0.6 is 11.6 Å². The number of aromatic nitrogens is 1.